The van der Waals surface area contributed by atoms with Crippen molar-refractivity contribution in [2.24, 2.45) is 5.92 Å². The first-order chi connectivity index (χ1) is 7.86. The van der Waals surface area contributed by atoms with Gasteiger partial charge in [0, 0.05) is 17.6 Å². The third-order valence-electron chi connectivity index (χ3n) is 2.19. The first-order valence-electron chi connectivity index (χ1n) is 5.02. The van der Waals surface area contributed by atoms with Gasteiger partial charge < -0.3 is 10.8 Å². The highest BCUT2D eigenvalue weighted by Crippen LogP contribution is 2.22. The molecule has 0 heterocycles. The fraction of sp³-hybridized carbons (Fsp3) is 0.400. The quantitative estimate of drug-likeness (QED) is 0.703. The normalized spacial score (nSPS) is 13.6. The molecule has 0 aliphatic rings. The van der Waals surface area contributed by atoms with E-state index in [4.69, 9.17) is 10.8 Å². The van der Waals surface area contributed by atoms with Gasteiger partial charge in [0.1, 0.15) is 4.90 Å². The lowest BCUT2D eigenvalue weighted by Gasteiger charge is -2.12. The fourth-order valence-electron chi connectivity index (χ4n) is 1.16. The molecule has 1 unspecified atom stereocenters. The first-order valence-corrected chi connectivity index (χ1v) is 7.30. The van der Waals surface area contributed by atoms with E-state index in [2.05, 4.69) is 20.7 Å². The summed E-state index contributed by atoms with van der Waals surface area (Å²) in [6.07, 6.45) is 0. The zero-order chi connectivity index (χ0) is 13.1. The predicted molar refractivity (Wildman–Crippen MR) is 70.0 cm³/mol. The summed E-state index contributed by atoms with van der Waals surface area (Å²) < 4.78 is 26.9. The summed E-state index contributed by atoms with van der Waals surface area (Å²) in [6, 6.07) is 4.58. The second-order valence-electron chi connectivity index (χ2n) is 3.82. The minimum absolute atomic E-state index is 0.0471. The molecule has 96 valence electrons. The van der Waals surface area contributed by atoms with Gasteiger partial charge in [0.2, 0.25) is 10.0 Å². The number of aliphatic hydroxyl groups is 1. The SMILES string of the molecule is CC(CO)CNS(=O)(=O)c1ccc(Br)cc1N. The maximum Gasteiger partial charge on any atom is 0.242 e. The Labute approximate surface area is 109 Å². The molecule has 5 nitrogen and oxygen atoms in total. The molecule has 7 heteroatoms. The van der Waals surface area contributed by atoms with Crippen LogP contribution in [0.4, 0.5) is 5.69 Å². The van der Waals surface area contributed by atoms with Crippen LogP contribution in [0, 0.1) is 5.92 Å². The molecule has 1 aromatic rings. The van der Waals surface area contributed by atoms with Gasteiger partial charge in [-0.25, -0.2) is 13.1 Å². The standard InChI is InChI=1S/C10H15BrN2O3S/c1-7(6-14)5-13-17(15,16)10-3-2-8(11)4-9(10)12/h2-4,7,13-14H,5-6,12H2,1H3. The van der Waals surface area contributed by atoms with Crippen molar-refractivity contribution in [1.29, 1.82) is 0 Å². The van der Waals surface area contributed by atoms with E-state index in [1.54, 1.807) is 13.0 Å². The van der Waals surface area contributed by atoms with Crippen molar-refractivity contribution in [2.75, 3.05) is 18.9 Å². The van der Waals surface area contributed by atoms with Crippen molar-refractivity contribution in [1.82, 2.24) is 4.72 Å². The molecule has 0 radical (unpaired) electrons. The molecular formula is C10H15BrN2O3S. The summed E-state index contributed by atoms with van der Waals surface area (Å²) in [7, 11) is -3.62. The number of aliphatic hydroxyl groups excluding tert-OH is 1. The van der Waals surface area contributed by atoms with Crippen LogP contribution in [0.15, 0.2) is 27.6 Å². The summed E-state index contributed by atoms with van der Waals surface area (Å²) in [5.41, 5.74) is 5.83. The molecular weight excluding hydrogens is 308 g/mol. The zero-order valence-corrected chi connectivity index (χ0v) is 11.8. The van der Waals surface area contributed by atoms with Crippen LogP contribution in [-0.4, -0.2) is 26.7 Å². The monoisotopic (exact) mass is 322 g/mol. The molecule has 0 spiro atoms. The van der Waals surface area contributed by atoms with E-state index in [-0.39, 0.29) is 29.7 Å². The smallest absolute Gasteiger partial charge is 0.242 e. The van der Waals surface area contributed by atoms with Crippen molar-refractivity contribution in [2.45, 2.75) is 11.8 Å². The van der Waals surface area contributed by atoms with Crippen LogP contribution in [0.3, 0.4) is 0 Å². The molecule has 0 aliphatic heterocycles. The van der Waals surface area contributed by atoms with Crippen LogP contribution >= 0.6 is 15.9 Å². The molecule has 0 aromatic heterocycles. The first kappa shape index (κ1) is 14.4. The van der Waals surface area contributed by atoms with Crippen molar-refractivity contribution >= 4 is 31.6 Å². The Balaban J connectivity index is 2.90. The molecule has 0 amide bonds. The van der Waals surface area contributed by atoms with Crippen LogP contribution in [-0.2, 0) is 10.0 Å². The average Bonchev–Trinajstić information content (AvgIpc) is 2.25. The molecule has 1 rings (SSSR count). The minimum atomic E-state index is -3.62. The topological polar surface area (TPSA) is 92.4 Å². The van der Waals surface area contributed by atoms with Crippen LogP contribution in [0.25, 0.3) is 0 Å². The number of anilines is 1. The van der Waals surface area contributed by atoms with E-state index < -0.39 is 10.0 Å². The number of sulfonamides is 1. The van der Waals surface area contributed by atoms with Gasteiger partial charge >= 0.3 is 0 Å². The van der Waals surface area contributed by atoms with E-state index in [0.29, 0.717) is 0 Å². The Morgan fingerprint density at radius 2 is 2.18 bits per heavy atom. The fourth-order valence-corrected chi connectivity index (χ4v) is 2.81. The molecule has 0 fully saturated rings. The van der Waals surface area contributed by atoms with Crippen molar-refractivity contribution in [3.05, 3.63) is 22.7 Å². The van der Waals surface area contributed by atoms with E-state index in [1.807, 2.05) is 0 Å². The third kappa shape index (κ3) is 3.95. The Hall–Kier alpha value is -0.630. The van der Waals surface area contributed by atoms with Gasteiger partial charge in [-0.1, -0.05) is 22.9 Å². The Bertz CT molecular complexity index is 490. The van der Waals surface area contributed by atoms with Crippen molar-refractivity contribution in [3.8, 4) is 0 Å². The van der Waals surface area contributed by atoms with E-state index in [1.165, 1.54) is 12.1 Å². The molecule has 4 N–H and O–H groups in total. The number of nitrogens with two attached hydrogens (primary N) is 1. The van der Waals surface area contributed by atoms with Gasteiger partial charge in [-0.05, 0) is 24.1 Å². The van der Waals surface area contributed by atoms with Gasteiger partial charge in [-0.2, -0.15) is 0 Å². The predicted octanol–water partition coefficient (Wildman–Crippen LogP) is 0.938. The molecule has 0 aliphatic carbocycles. The molecule has 0 saturated carbocycles. The minimum Gasteiger partial charge on any atom is -0.398 e. The van der Waals surface area contributed by atoms with E-state index >= 15 is 0 Å². The van der Waals surface area contributed by atoms with E-state index in [9.17, 15) is 8.42 Å². The number of nitrogen functional groups attached to an aromatic ring is 1. The van der Waals surface area contributed by atoms with Crippen LogP contribution in [0.2, 0.25) is 0 Å². The molecule has 0 bridgehead atoms. The lowest BCUT2D eigenvalue weighted by Crippen LogP contribution is -2.30. The number of rotatable bonds is 5. The van der Waals surface area contributed by atoms with Crippen LogP contribution < -0.4 is 10.5 Å². The van der Waals surface area contributed by atoms with E-state index in [0.717, 1.165) is 4.47 Å². The molecule has 17 heavy (non-hydrogen) atoms. The summed E-state index contributed by atoms with van der Waals surface area (Å²) in [4.78, 5) is 0.0471. The molecule has 1 atom stereocenters. The second kappa shape index (κ2) is 5.81. The lowest BCUT2D eigenvalue weighted by molar-refractivity contribution is 0.238. The average molecular weight is 323 g/mol. The third-order valence-corrected chi connectivity index (χ3v) is 4.19. The van der Waals surface area contributed by atoms with Crippen molar-refractivity contribution in [3.63, 3.8) is 0 Å². The number of hydrogen-bond donors (Lipinski definition) is 3. The number of halogens is 1. The van der Waals surface area contributed by atoms with Crippen LogP contribution in [0.5, 0.6) is 0 Å². The Morgan fingerprint density at radius 1 is 1.53 bits per heavy atom. The number of benzene rings is 1. The van der Waals surface area contributed by atoms with Gasteiger partial charge in [-0.15, -0.1) is 0 Å². The summed E-state index contributed by atoms with van der Waals surface area (Å²) in [5.74, 6) is -0.138. The van der Waals surface area contributed by atoms with Gasteiger partial charge in [0.25, 0.3) is 0 Å². The van der Waals surface area contributed by atoms with Crippen molar-refractivity contribution < 1.29 is 13.5 Å². The number of nitrogens with one attached hydrogen (secondary N) is 1. The lowest BCUT2D eigenvalue weighted by atomic mass is 10.2. The van der Waals surface area contributed by atoms with Gasteiger partial charge in [-0.3, -0.25) is 0 Å². The second-order valence-corrected chi connectivity index (χ2v) is 6.47. The number of hydrogen-bond acceptors (Lipinski definition) is 4. The highest BCUT2D eigenvalue weighted by atomic mass is 79.9. The molecule has 1 aromatic carbocycles. The zero-order valence-electron chi connectivity index (χ0n) is 9.35. The summed E-state index contributed by atoms with van der Waals surface area (Å²) >= 11 is 3.21. The maximum absolute atomic E-state index is 11.9. The largest absolute Gasteiger partial charge is 0.398 e. The summed E-state index contributed by atoms with van der Waals surface area (Å²) in [5, 5.41) is 8.83. The maximum atomic E-state index is 11.9. The summed E-state index contributed by atoms with van der Waals surface area (Å²) in [6.45, 7) is 1.85. The molecule has 0 saturated heterocycles. The van der Waals surface area contributed by atoms with Gasteiger partial charge in [0.05, 0.1) is 5.69 Å². The van der Waals surface area contributed by atoms with Gasteiger partial charge in [0.15, 0.2) is 0 Å². The highest BCUT2D eigenvalue weighted by molar-refractivity contribution is 9.10. The Kier molecular flexibility index (Phi) is 4.93. The van der Waals surface area contributed by atoms with Crippen LogP contribution in [0.1, 0.15) is 6.92 Å². The highest BCUT2D eigenvalue weighted by Gasteiger charge is 2.17. The Morgan fingerprint density at radius 3 is 2.71 bits per heavy atom.